The van der Waals surface area contributed by atoms with E-state index in [1.807, 2.05) is 13.0 Å². The molecule has 0 bridgehead atoms. The third-order valence-corrected chi connectivity index (χ3v) is 5.47. The zero-order chi connectivity index (χ0) is 18.3. The summed E-state index contributed by atoms with van der Waals surface area (Å²) in [5.41, 5.74) is 4.13. The molecule has 5 heteroatoms. The number of benzene rings is 1. The highest BCUT2D eigenvalue weighted by Gasteiger charge is 2.50. The molecule has 1 spiro atoms. The van der Waals surface area contributed by atoms with Gasteiger partial charge in [0.2, 0.25) is 0 Å². The number of fused-ring (bicyclic) bond motifs is 2. The van der Waals surface area contributed by atoms with Crippen molar-refractivity contribution in [3.05, 3.63) is 53.9 Å². The van der Waals surface area contributed by atoms with Crippen molar-refractivity contribution in [3.8, 4) is 0 Å². The number of anilines is 2. The molecule has 1 fully saturated rings. The van der Waals surface area contributed by atoms with E-state index < -0.39 is 6.10 Å². The van der Waals surface area contributed by atoms with Gasteiger partial charge in [0.05, 0.1) is 6.61 Å². The maximum Gasteiger partial charge on any atom is 0.253 e. The number of aromatic nitrogens is 1. The standard InChI is InChI=1S/C21H25N3O2/c1-14(2)24-12-21(17-6-4-5-7-18(17)24)11-19(26-13-21)20(25)23-16-8-9-22-15(3)10-16/h4-10,14,19H,11-13H2,1-3H3,(H,22,23,25)/t19-,21+/m0/s1. The smallest absolute Gasteiger partial charge is 0.253 e. The average molecular weight is 351 g/mol. The van der Waals surface area contributed by atoms with E-state index in [0.717, 1.165) is 17.9 Å². The van der Waals surface area contributed by atoms with Crippen molar-refractivity contribution >= 4 is 17.3 Å². The molecule has 2 aliphatic heterocycles. The number of para-hydroxylation sites is 1. The Morgan fingerprint density at radius 2 is 2.15 bits per heavy atom. The lowest BCUT2D eigenvalue weighted by Gasteiger charge is -2.27. The first-order chi connectivity index (χ1) is 12.5. The second kappa shape index (κ2) is 6.40. The summed E-state index contributed by atoms with van der Waals surface area (Å²) in [5.74, 6) is -0.0760. The topological polar surface area (TPSA) is 54.5 Å². The molecule has 1 N–H and O–H groups in total. The van der Waals surface area contributed by atoms with Crippen molar-refractivity contribution in [2.24, 2.45) is 0 Å². The molecule has 26 heavy (non-hydrogen) atoms. The Balaban J connectivity index is 1.54. The third-order valence-electron chi connectivity index (χ3n) is 5.47. The SMILES string of the molecule is Cc1cc(NC(=O)[C@@H]2C[C@]3(CO2)CN(C(C)C)c2ccccc23)ccn1. The van der Waals surface area contributed by atoms with Gasteiger partial charge in [-0.1, -0.05) is 18.2 Å². The van der Waals surface area contributed by atoms with Crippen LogP contribution in [0.4, 0.5) is 11.4 Å². The van der Waals surface area contributed by atoms with Crippen molar-refractivity contribution < 1.29 is 9.53 Å². The molecule has 1 aromatic carbocycles. The Bertz CT molecular complexity index is 836. The highest BCUT2D eigenvalue weighted by atomic mass is 16.5. The molecule has 3 heterocycles. The summed E-state index contributed by atoms with van der Waals surface area (Å²) < 4.78 is 5.99. The van der Waals surface area contributed by atoms with Crippen molar-refractivity contribution in [3.63, 3.8) is 0 Å². The van der Waals surface area contributed by atoms with Gasteiger partial charge < -0.3 is 15.0 Å². The lowest BCUT2D eigenvalue weighted by atomic mass is 9.80. The van der Waals surface area contributed by atoms with Crippen LogP contribution in [0.2, 0.25) is 0 Å². The zero-order valence-corrected chi connectivity index (χ0v) is 15.5. The number of hydrogen-bond donors (Lipinski definition) is 1. The maximum atomic E-state index is 12.7. The van der Waals surface area contributed by atoms with Gasteiger partial charge in [-0.2, -0.15) is 0 Å². The van der Waals surface area contributed by atoms with Crippen LogP contribution in [-0.4, -0.2) is 36.2 Å². The van der Waals surface area contributed by atoms with E-state index in [4.69, 9.17) is 4.74 Å². The molecular weight excluding hydrogens is 326 g/mol. The highest BCUT2D eigenvalue weighted by molar-refractivity contribution is 5.94. The summed E-state index contributed by atoms with van der Waals surface area (Å²) in [5, 5.41) is 2.97. The summed E-state index contributed by atoms with van der Waals surface area (Å²) in [6.45, 7) is 7.82. The lowest BCUT2D eigenvalue weighted by molar-refractivity contribution is -0.124. The van der Waals surface area contributed by atoms with E-state index >= 15 is 0 Å². The molecular formula is C21H25N3O2. The quantitative estimate of drug-likeness (QED) is 0.922. The van der Waals surface area contributed by atoms with E-state index in [2.05, 4.69) is 53.3 Å². The molecule has 2 atom stereocenters. The van der Waals surface area contributed by atoms with Crippen molar-refractivity contribution in [1.29, 1.82) is 0 Å². The van der Waals surface area contributed by atoms with E-state index in [0.29, 0.717) is 19.1 Å². The highest BCUT2D eigenvalue weighted by Crippen LogP contribution is 2.48. The van der Waals surface area contributed by atoms with Gasteiger partial charge in [0, 0.05) is 41.3 Å². The Labute approximate surface area is 154 Å². The number of nitrogens with one attached hydrogen (secondary N) is 1. The molecule has 1 aromatic heterocycles. The van der Waals surface area contributed by atoms with Crippen LogP contribution in [0.15, 0.2) is 42.6 Å². The fourth-order valence-electron chi connectivity index (χ4n) is 4.17. The van der Waals surface area contributed by atoms with Crippen LogP contribution in [0.25, 0.3) is 0 Å². The van der Waals surface area contributed by atoms with Crippen LogP contribution in [0, 0.1) is 6.92 Å². The fraction of sp³-hybridized carbons (Fsp3) is 0.429. The van der Waals surface area contributed by atoms with Gasteiger partial charge in [0.25, 0.3) is 5.91 Å². The van der Waals surface area contributed by atoms with Crippen molar-refractivity contribution in [2.45, 2.75) is 44.8 Å². The lowest BCUT2D eigenvalue weighted by Crippen LogP contribution is -2.38. The molecule has 0 saturated carbocycles. The van der Waals surface area contributed by atoms with Gasteiger partial charge in [0.1, 0.15) is 6.10 Å². The molecule has 0 aliphatic carbocycles. The van der Waals surface area contributed by atoms with Crippen LogP contribution >= 0.6 is 0 Å². The van der Waals surface area contributed by atoms with Crippen LogP contribution < -0.4 is 10.2 Å². The van der Waals surface area contributed by atoms with Gasteiger partial charge >= 0.3 is 0 Å². The van der Waals surface area contributed by atoms with Gasteiger partial charge in [0.15, 0.2) is 0 Å². The summed E-state index contributed by atoms with van der Waals surface area (Å²) in [6, 6.07) is 12.6. The largest absolute Gasteiger partial charge is 0.368 e. The van der Waals surface area contributed by atoms with Gasteiger partial charge in [-0.05, 0) is 51.0 Å². The molecule has 136 valence electrons. The number of ether oxygens (including phenoxy) is 1. The molecule has 5 nitrogen and oxygen atoms in total. The van der Waals surface area contributed by atoms with Crippen molar-refractivity contribution in [2.75, 3.05) is 23.4 Å². The van der Waals surface area contributed by atoms with Gasteiger partial charge in [-0.3, -0.25) is 9.78 Å². The van der Waals surface area contributed by atoms with Crippen LogP contribution in [0.3, 0.4) is 0 Å². The number of hydrogen-bond acceptors (Lipinski definition) is 4. The third kappa shape index (κ3) is 2.86. The van der Waals surface area contributed by atoms with E-state index in [1.54, 1.807) is 12.3 Å². The fourth-order valence-corrected chi connectivity index (χ4v) is 4.17. The summed E-state index contributed by atoms with van der Waals surface area (Å²) in [7, 11) is 0. The van der Waals surface area contributed by atoms with Crippen LogP contribution in [0.5, 0.6) is 0 Å². The van der Waals surface area contributed by atoms with E-state index in [9.17, 15) is 4.79 Å². The molecule has 0 unspecified atom stereocenters. The van der Waals surface area contributed by atoms with E-state index in [-0.39, 0.29) is 11.3 Å². The average Bonchev–Trinajstić information content (AvgIpc) is 3.19. The molecule has 1 saturated heterocycles. The molecule has 1 amide bonds. The Morgan fingerprint density at radius 1 is 1.35 bits per heavy atom. The number of aryl methyl sites for hydroxylation is 1. The second-order valence-electron chi connectivity index (χ2n) is 7.70. The van der Waals surface area contributed by atoms with Crippen LogP contribution in [-0.2, 0) is 14.9 Å². The number of carbonyl (C=O) groups is 1. The number of carbonyl (C=O) groups excluding carboxylic acids is 1. The summed E-state index contributed by atoms with van der Waals surface area (Å²) >= 11 is 0. The van der Waals surface area contributed by atoms with Gasteiger partial charge in [-0.15, -0.1) is 0 Å². The predicted molar refractivity (Wildman–Crippen MR) is 103 cm³/mol. The first-order valence-corrected chi connectivity index (χ1v) is 9.20. The number of rotatable bonds is 3. The number of amides is 1. The predicted octanol–water partition coefficient (Wildman–Crippen LogP) is 3.28. The monoisotopic (exact) mass is 351 g/mol. The molecule has 4 rings (SSSR count). The van der Waals surface area contributed by atoms with Crippen LogP contribution in [0.1, 0.15) is 31.5 Å². The molecule has 0 radical (unpaired) electrons. The minimum atomic E-state index is -0.427. The maximum absolute atomic E-state index is 12.7. The van der Waals surface area contributed by atoms with Gasteiger partial charge in [-0.25, -0.2) is 0 Å². The summed E-state index contributed by atoms with van der Waals surface area (Å²) in [6.07, 6.45) is 1.99. The minimum absolute atomic E-state index is 0.0760. The minimum Gasteiger partial charge on any atom is -0.368 e. The van der Waals surface area contributed by atoms with E-state index in [1.165, 1.54) is 11.3 Å². The number of pyridine rings is 1. The Hall–Kier alpha value is -2.40. The first-order valence-electron chi connectivity index (χ1n) is 9.20. The molecule has 2 aliphatic rings. The normalized spacial score (nSPS) is 24.3. The first kappa shape index (κ1) is 17.0. The zero-order valence-electron chi connectivity index (χ0n) is 15.5. The second-order valence-corrected chi connectivity index (χ2v) is 7.70. The Kier molecular flexibility index (Phi) is 4.19. The number of nitrogens with zero attached hydrogens (tertiary/aromatic N) is 2. The Morgan fingerprint density at radius 3 is 2.92 bits per heavy atom. The van der Waals surface area contributed by atoms with Crippen molar-refractivity contribution in [1.82, 2.24) is 4.98 Å². The molecule has 2 aromatic rings. The summed E-state index contributed by atoms with van der Waals surface area (Å²) in [4.78, 5) is 19.3.